The zero-order chi connectivity index (χ0) is 14.5. The fourth-order valence-corrected chi connectivity index (χ4v) is 1.76. The highest BCUT2D eigenvalue weighted by Gasteiger charge is 2.04. The molecular weight excluding hydrogens is 248 g/mol. The average molecular weight is 266 g/mol. The summed E-state index contributed by atoms with van der Waals surface area (Å²) in [5.74, 6) is -0.198. The molecular formula is C17H18N2O. The van der Waals surface area contributed by atoms with E-state index in [1.165, 1.54) is 5.56 Å². The second-order valence-corrected chi connectivity index (χ2v) is 4.87. The molecule has 102 valence electrons. The van der Waals surface area contributed by atoms with Crippen molar-refractivity contribution in [3.05, 3.63) is 70.8 Å². The van der Waals surface area contributed by atoms with E-state index in [0.717, 1.165) is 16.8 Å². The van der Waals surface area contributed by atoms with E-state index in [2.05, 4.69) is 10.5 Å². The van der Waals surface area contributed by atoms with E-state index < -0.39 is 0 Å². The molecule has 2 rings (SSSR count). The first-order valence-electron chi connectivity index (χ1n) is 6.54. The van der Waals surface area contributed by atoms with Crippen LogP contribution < -0.4 is 5.43 Å². The normalized spacial score (nSPS) is 11.2. The molecule has 20 heavy (non-hydrogen) atoms. The molecule has 0 bridgehead atoms. The Morgan fingerprint density at radius 3 is 1.80 bits per heavy atom. The second-order valence-electron chi connectivity index (χ2n) is 4.87. The van der Waals surface area contributed by atoms with Crippen LogP contribution in [0.5, 0.6) is 0 Å². The molecule has 0 aliphatic rings. The summed E-state index contributed by atoms with van der Waals surface area (Å²) in [7, 11) is 0. The lowest BCUT2D eigenvalue weighted by Gasteiger charge is -2.04. The first-order valence-corrected chi connectivity index (χ1v) is 6.54. The van der Waals surface area contributed by atoms with Crippen LogP contribution >= 0.6 is 0 Å². The fourth-order valence-electron chi connectivity index (χ4n) is 1.76. The van der Waals surface area contributed by atoms with Gasteiger partial charge in [0.05, 0.1) is 5.71 Å². The molecule has 2 aromatic rings. The maximum Gasteiger partial charge on any atom is 0.271 e. The molecule has 0 heterocycles. The topological polar surface area (TPSA) is 41.5 Å². The molecule has 0 atom stereocenters. The molecule has 0 spiro atoms. The van der Waals surface area contributed by atoms with Crippen LogP contribution in [0.3, 0.4) is 0 Å². The molecule has 0 unspecified atom stereocenters. The SMILES string of the molecule is C/C(=N/NC(=O)c1ccc(C)cc1)c1ccc(C)cc1. The predicted molar refractivity (Wildman–Crippen MR) is 82.0 cm³/mol. The molecule has 0 fully saturated rings. The predicted octanol–water partition coefficient (Wildman–Crippen LogP) is 3.46. The largest absolute Gasteiger partial charge is 0.271 e. The summed E-state index contributed by atoms with van der Waals surface area (Å²) < 4.78 is 0. The van der Waals surface area contributed by atoms with Gasteiger partial charge in [-0.1, -0.05) is 47.5 Å². The van der Waals surface area contributed by atoms with E-state index in [9.17, 15) is 4.79 Å². The molecule has 2 aromatic carbocycles. The zero-order valence-electron chi connectivity index (χ0n) is 12.0. The van der Waals surface area contributed by atoms with Crippen molar-refractivity contribution >= 4 is 11.6 Å². The van der Waals surface area contributed by atoms with E-state index in [1.807, 2.05) is 57.2 Å². The summed E-state index contributed by atoms with van der Waals surface area (Å²) in [6.07, 6.45) is 0. The summed E-state index contributed by atoms with van der Waals surface area (Å²) in [6.45, 7) is 5.90. The lowest BCUT2D eigenvalue weighted by Crippen LogP contribution is -2.19. The fraction of sp³-hybridized carbons (Fsp3) is 0.176. The van der Waals surface area contributed by atoms with Gasteiger partial charge in [-0.05, 0) is 38.5 Å². The lowest BCUT2D eigenvalue weighted by molar-refractivity contribution is 0.0955. The average Bonchev–Trinajstić information content (AvgIpc) is 2.46. The van der Waals surface area contributed by atoms with E-state index in [0.29, 0.717) is 5.56 Å². The molecule has 0 saturated carbocycles. The number of carbonyl (C=O) groups excluding carboxylic acids is 1. The van der Waals surface area contributed by atoms with Crippen LogP contribution in [0.4, 0.5) is 0 Å². The Hall–Kier alpha value is -2.42. The minimum absolute atomic E-state index is 0.198. The molecule has 0 aliphatic heterocycles. The summed E-state index contributed by atoms with van der Waals surface area (Å²) >= 11 is 0. The summed E-state index contributed by atoms with van der Waals surface area (Å²) in [6, 6.07) is 15.4. The van der Waals surface area contributed by atoms with Gasteiger partial charge in [-0.15, -0.1) is 0 Å². The van der Waals surface area contributed by atoms with E-state index >= 15 is 0 Å². The first kappa shape index (κ1) is 14.0. The third-order valence-electron chi connectivity index (χ3n) is 3.11. The molecule has 3 nitrogen and oxygen atoms in total. The first-order chi connectivity index (χ1) is 9.56. The van der Waals surface area contributed by atoms with Gasteiger partial charge in [0, 0.05) is 5.56 Å². The number of carbonyl (C=O) groups is 1. The number of aryl methyl sites for hydroxylation is 2. The Kier molecular flexibility index (Phi) is 4.31. The number of hydrogen-bond donors (Lipinski definition) is 1. The Bertz CT molecular complexity index is 625. The van der Waals surface area contributed by atoms with Gasteiger partial charge >= 0.3 is 0 Å². The van der Waals surface area contributed by atoms with Gasteiger partial charge in [0.15, 0.2) is 0 Å². The van der Waals surface area contributed by atoms with Gasteiger partial charge in [-0.3, -0.25) is 4.79 Å². The molecule has 0 aromatic heterocycles. The third kappa shape index (κ3) is 3.54. The van der Waals surface area contributed by atoms with Crippen LogP contribution in [-0.4, -0.2) is 11.6 Å². The quantitative estimate of drug-likeness (QED) is 0.671. The van der Waals surface area contributed by atoms with E-state index in [-0.39, 0.29) is 5.91 Å². The van der Waals surface area contributed by atoms with Gasteiger partial charge in [-0.2, -0.15) is 5.10 Å². The Balaban J connectivity index is 2.06. The van der Waals surface area contributed by atoms with E-state index in [4.69, 9.17) is 0 Å². The van der Waals surface area contributed by atoms with Crippen LogP contribution in [0.2, 0.25) is 0 Å². The third-order valence-corrected chi connectivity index (χ3v) is 3.11. The van der Waals surface area contributed by atoms with Crippen LogP contribution in [0.25, 0.3) is 0 Å². The Morgan fingerprint density at radius 1 is 0.850 bits per heavy atom. The van der Waals surface area contributed by atoms with Crippen molar-refractivity contribution in [1.29, 1.82) is 0 Å². The Labute approximate surface area is 119 Å². The van der Waals surface area contributed by atoms with Crippen LogP contribution in [0.1, 0.15) is 34.0 Å². The van der Waals surface area contributed by atoms with Crippen molar-refractivity contribution in [3.63, 3.8) is 0 Å². The van der Waals surface area contributed by atoms with Crippen molar-refractivity contribution in [2.75, 3.05) is 0 Å². The smallest absolute Gasteiger partial charge is 0.267 e. The number of hydrogen-bond acceptors (Lipinski definition) is 2. The highest BCUT2D eigenvalue weighted by atomic mass is 16.2. The van der Waals surface area contributed by atoms with Gasteiger partial charge in [0.1, 0.15) is 0 Å². The second kappa shape index (κ2) is 6.15. The molecule has 1 amide bonds. The maximum atomic E-state index is 11.9. The number of nitrogens with one attached hydrogen (secondary N) is 1. The van der Waals surface area contributed by atoms with Crippen molar-refractivity contribution in [3.8, 4) is 0 Å². The minimum atomic E-state index is -0.198. The van der Waals surface area contributed by atoms with Gasteiger partial charge < -0.3 is 0 Å². The summed E-state index contributed by atoms with van der Waals surface area (Å²) in [5, 5.41) is 4.14. The standard InChI is InChI=1S/C17H18N2O/c1-12-4-8-15(9-5-12)14(3)18-19-17(20)16-10-6-13(2)7-11-16/h4-11H,1-3H3,(H,19,20)/b18-14-. The summed E-state index contributed by atoms with van der Waals surface area (Å²) in [4.78, 5) is 11.9. The Morgan fingerprint density at radius 2 is 1.30 bits per heavy atom. The monoisotopic (exact) mass is 266 g/mol. The van der Waals surface area contributed by atoms with Crippen molar-refractivity contribution < 1.29 is 4.79 Å². The number of benzene rings is 2. The maximum absolute atomic E-state index is 11.9. The number of amides is 1. The molecule has 0 radical (unpaired) electrons. The van der Waals surface area contributed by atoms with Gasteiger partial charge in [0.2, 0.25) is 0 Å². The van der Waals surface area contributed by atoms with Crippen LogP contribution in [-0.2, 0) is 0 Å². The molecule has 0 aliphatic carbocycles. The van der Waals surface area contributed by atoms with Gasteiger partial charge in [0.25, 0.3) is 5.91 Å². The van der Waals surface area contributed by atoms with Crippen LogP contribution in [0, 0.1) is 13.8 Å². The highest BCUT2D eigenvalue weighted by Crippen LogP contribution is 2.05. The number of hydrazone groups is 1. The molecule has 0 saturated heterocycles. The zero-order valence-corrected chi connectivity index (χ0v) is 12.0. The lowest BCUT2D eigenvalue weighted by atomic mass is 10.1. The number of nitrogens with zero attached hydrogens (tertiary/aromatic N) is 1. The van der Waals surface area contributed by atoms with Gasteiger partial charge in [-0.25, -0.2) is 5.43 Å². The van der Waals surface area contributed by atoms with Crippen molar-refractivity contribution in [1.82, 2.24) is 5.43 Å². The van der Waals surface area contributed by atoms with E-state index in [1.54, 1.807) is 12.1 Å². The molecule has 1 N–H and O–H groups in total. The minimum Gasteiger partial charge on any atom is -0.267 e. The number of rotatable bonds is 3. The van der Waals surface area contributed by atoms with Crippen LogP contribution in [0.15, 0.2) is 53.6 Å². The summed E-state index contributed by atoms with van der Waals surface area (Å²) in [5.41, 5.74) is 7.30. The van der Waals surface area contributed by atoms with Crippen molar-refractivity contribution in [2.45, 2.75) is 20.8 Å². The highest BCUT2D eigenvalue weighted by molar-refractivity contribution is 6.00. The molecule has 3 heteroatoms. The van der Waals surface area contributed by atoms with Crippen molar-refractivity contribution in [2.24, 2.45) is 5.10 Å².